The Morgan fingerprint density at radius 3 is 2.79 bits per heavy atom. The van der Waals surface area contributed by atoms with Crippen LogP contribution in [-0.2, 0) is 4.79 Å². The van der Waals surface area contributed by atoms with E-state index < -0.39 is 0 Å². The predicted octanol–water partition coefficient (Wildman–Crippen LogP) is 2.04. The number of nitrogen functional groups attached to an aromatic ring is 1. The fraction of sp³-hybridized carbons (Fsp3) is 0.286. The van der Waals surface area contributed by atoms with Gasteiger partial charge in [0.2, 0.25) is 5.91 Å². The van der Waals surface area contributed by atoms with Gasteiger partial charge in [0.15, 0.2) is 5.82 Å². The second-order valence-electron chi connectivity index (χ2n) is 4.96. The molecule has 98 valence electrons. The summed E-state index contributed by atoms with van der Waals surface area (Å²) in [5, 5.41) is 9.52. The Morgan fingerprint density at radius 1 is 1.42 bits per heavy atom. The second-order valence-corrected chi connectivity index (χ2v) is 4.96. The van der Waals surface area contributed by atoms with E-state index in [-0.39, 0.29) is 11.8 Å². The van der Waals surface area contributed by atoms with Crippen LogP contribution < -0.4 is 11.1 Å². The number of H-pyrrole nitrogens is 1. The lowest BCUT2D eigenvalue weighted by Crippen LogP contribution is -2.15. The van der Waals surface area contributed by atoms with Crippen LogP contribution in [0.3, 0.4) is 0 Å². The molecule has 1 aliphatic rings. The standard InChI is InChI=1S/C14H16N4O/c1-8-12(15)13(18-17-8)16-14(19)11-7-10(11)9-5-3-2-4-6-9/h2-6,10-11H,7,15H2,1H3,(H2,16,17,18,19). The lowest BCUT2D eigenvalue weighted by Gasteiger charge is -2.03. The number of nitrogens with one attached hydrogen (secondary N) is 2. The predicted molar refractivity (Wildman–Crippen MR) is 73.7 cm³/mol. The third-order valence-corrected chi connectivity index (χ3v) is 3.59. The molecule has 1 aromatic heterocycles. The molecule has 19 heavy (non-hydrogen) atoms. The Morgan fingerprint density at radius 2 is 2.16 bits per heavy atom. The molecule has 1 fully saturated rings. The van der Waals surface area contributed by atoms with Crippen molar-refractivity contribution in [3.8, 4) is 0 Å². The minimum absolute atomic E-state index is 0.00736. The number of aryl methyl sites for hydroxylation is 1. The smallest absolute Gasteiger partial charge is 0.229 e. The van der Waals surface area contributed by atoms with Crippen molar-refractivity contribution >= 4 is 17.4 Å². The fourth-order valence-corrected chi connectivity index (χ4v) is 2.30. The number of amides is 1. The summed E-state index contributed by atoms with van der Waals surface area (Å²) in [6, 6.07) is 10.1. The fourth-order valence-electron chi connectivity index (χ4n) is 2.30. The van der Waals surface area contributed by atoms with Crippen molar-refractivity contribution < 1.29 is 4.79 Å². The molecular formula is C14H16N4O. The maximum absolute atomic E-state index is 12.1. The summed E-state index contributed by atoms with van der Waals surface area (Å²) < 4.78 is 0. The van der Waals surface area contributed by atoms with Crippen molar-refractivity contribution in [2.24, 2.45) is 5.92 Å². The molecule has 1 heterocycles. The average molecular weight is 256 g/mol. The Bertz CT molecular complexity index is 605. The van der Waals surface area contributed by atoms with Crippen LogP contribution in [0, 0.1) is 12.8 Å². The lowest BCUT2D eigenvalue weighted by atomic mass is 10.1. The van der Waals surface area contributed by atoms with E-state index in [4.69, 9.17) is 5.73 Å². The van der Waals surface area contributed by atoms with Gasteiger partial charge in [-0.1, -0.05) is 30.3 Å². The van der Waals surface area contributed by atoms with Crippen LogP contribution in [0.4, 0.5) is 11.5 Å². The number of hydrogen-bond donors (Lipinski definition) is 3. The van der Waals surface area contributed by atoms with Gasteiger partial charge in [0.1, 0.15) is 0 Å². The van der Waals surface area contributed by atoms with Gasteiger partial charge in [-0.25, -0.2) is 0 Å². The molecule has 4 N–H and O–H groups in total. The summed E-state index contributed by atoms with van der Waals surface area (Å²) in [6.07, 6.45) is 0.888. The van der Waals surface area contributed by atoms with Gasteiger partial charge in [-0.15, -0.1) is 0 Å². The Balaban J connectivity index is 1.66. The molecular weight excluding hydrogens is 240 g/mol. The summed E-state index contributed by atoms with van der Waals surface area (Å²) in [6.45, 7) is 1.82. The number of carbonyl (C=O) groups is 1. The lowest BCUT2D eigenvalue weighted by molar-refractivity contribution is -0.117. The number of carbonyl (C=O) groups excluding carboxylic acids is 1. The van der Waals surface area contributed by atoms with E-state index in [9.17, 15) is 4.79 Å². The zero-order chi connectivity index (χ0) is 13.4. The zero-order valence-corrected chi connectivity index (χ0v) is 10.7. The van der Waals surface area contributed by atoms with Gasteiger partial charge in [0, 0.05) is 5.92 Å². The van der Waals surface area contributed by atoms with Crippen LogP contribution in [0.1, 0.15) is 23.6 Å². The molecule has 3 rings (SSSR count). The normalized spacial score (nSPS) is 21.1. The van der Waals surface area contributed by atoms with E-state index in [2.05, 4.69) is 27.6 Å². The van der Waals surface area contributed by atoms with Gasteiger partial charge in [0.25, 0.3) is 0 Å². The highest BCUT2D eigenvalue weighted by molar-refractivity contribution is 5.96. The molecule has 1 aromatic carbocycles. The second kappa shape index (κ2) is 4.42. The molecule has 5 nitrogen and oxygen atoms in total. The van der Waals surface area contributed by atoms with Crippen LogP contribution in [0.15, 0.2) is 30.3 Å². The molecule has 0 bridgehead atoms. The number of hydrogen-bond acceptors (Lipinski definition) is 3. The van der Waals surface area contributed by atoms with E-state index in [1.807, 2.05) is 25.1 Å². The Kier molecular flexibility index (Phi) is 2.74. The van der Waals surface area contributed by atoms with Crippen molar-refractivity contribution in [2.75, 3.05) is 11.1 Å². The topological polar surface area (TPSA) is 83.8 Å². The summed E-state index contributed by atoms with van der Waals surface area (Å²) >= 11 is 0. The third kappa shape index (κ3) is 2.19. The number of nitrogens with two attached hydrogens (primary N) is 1. The molecule has 1 amide bonds. The number of aromatic nitrogens is 2. The zero-order valence-electron chi connectivity index (χ0n) is 10.7. The van der Waals surface area contributed by atoms with Crippen LogP contribution in [-0.4, -0.2) is 16.1 Å². The quantitative estimate of drug-likeness (QED) is 0.785. The minimum atomic E-state index is -0.00736. The number of rotatable bonds is 3. The van der Waals surface area contributed by atoms with Crippen LogP contribution in [0.5, 0.6) is 0 Å². The Labute approximate surface area is 111 Å². The maximum atomic E-state index is 12.1. The first-order valence-electron chi connectivity index (χ1n) is 6.33. The summed E-state index contributed by atoms with van der Waals surface area (Å²) in [4.78, 5) is 12.1. The highest BCUT2D eigenvalue weighted by Gasteiger charge is 2.44. The first-order valence-corrected chi connectivity index (χ1v) is 6.33. The number of benzene rings is 1. The summed E-state index contributed by atoms with van der Waals surface area (Å²) in [5.41, 5.74) is 8.30. The van der Waals surface area contributed by atoms with Crippen LogP contribution in [0.25, 0.3) is 0 Å². The van der Waals surface area contributed by atoms with Crippen LogP contribution in [0.2, 0.25) is 0 Å². The molecule has 0 saturated heterocycles. The molecule has 1 saturated carbocycles. The van der Waals surface area contributed by atoms with E-state index in [1.165, 1.54) is 5.56 Å². The van der Waals surface area contributed by atoms with Crippen molar-refractivity contribution in [3.63, 3.8) is 0 Å². The molecule has 2 aromatic rings. The van der Waals surface area contributed by atoms with Gasteiger partial charge >= 0.3 is 0 Å². The van der Waals surface area contributed by atoms with Crippen molar-refractivity contribution in [2.45, 2.75) is 19.3 Å². The van der Waals surface area contributed by atoms with E-state index >= 15 is 0 Å². The van der Waals surface area contributed by atoms with Crippen molar-refractivity contribution in [3.05, 3.63) is 41.6 Å². The highest BCUT2D eigenvalue weighted by atomic mass is 16.2. The summed E-state index contributed by atoms with van der Waals surface area (Å²) in [7, 11) is 0. The molecule has 0 spiro atoms. The molecule has 2 atom stereocenters. The van der Waals surface area contributed by atoms with Gasteiger partial charge in [-0.3, -0.25) is 9.89 Å². The Hall–Kier alpha value is -2.30. The SMILES string of the molecule is Cc1[nH]nc(NC(=O)C2CC2c2ccccc2)c1N. The number of anilines is 2. The van der Waals surface area contributed by atoms with Gasteiger partial charge in [-0.05, 0) is 24.8 Å². The largest absolute Gasteiger partial charge is 0.394 e. The molecule has 5 heteroatoms. The molecule has 2 unspecified atom stereocenters. The first-order chi connectivity index (χ1) is 9.16. The van der Waals surface area contributed by atoms with Gasteiger partial charge in [-0.2, -0.15) is 5.10 Å². The van der Waals surface area contributed by atoms with Gasteiger partial charge < -0.3 is 11.1 Å². The van der Waals surface area contributed by atoms with Crippen molar-refractivity contribution in [1.29, 1.82) is 0 Å². The number of nitrogens with zero attached hydrogens (tertiary/aromatic N) is 1. The summed E-state index contributed by atoms with van der Waals surface area (Å²) in [5.74, 6) is 0.773. The first kappa shape index (κ1) is 11.8. The van der Waals surface area contributed by atoms with Gasteiger partial charge in [0.05, 0.1) is 11.4 Å². The molecule has 0 radical (unpaired) electrons. The average Bonchev–Trinajstić information content (AvgIpc) is 3.18. The minimum Gasteiger partial charge on any atom is -0.394 e. The monoisotopic (exact) mass is 256 g/mol. The highest BCUT2D eigenvalue weighted by Crippen LogP contribution is 2.47. The maximum Gasteiger partial charge on any atom is 0.229 e. The van der Waals surface area contributed by atoms with E-state index in [1.54, 1.807) is 0 Å². The number of aromatic amines is 1. The third-order valence-electron chi connectivity index (χ3n) is 3.59. The molecule has 1 aliphatic carbocycles. The van der Waals surface area contributed by atoms with E-state index in [0.717, 1.165) is 12.1 Å². The van der Waals surface area contributed by atoms with E-state index in [0.29, 0.717) is 17.4 Å². The van der Waals surface area contributed by atoms with Crippen molar-refractivity contribution in [1.82, 2.24) is 10.2 Å². The van der Waals surface area contributed by atoms with Crippen LogP contribution >= 0.6 is 0 Å². The molecule has 0 aliphatic heterocycles.